The zero-order valence-corrected chi connectivity index (χ0v) is 21.7. The predicted molar refractivity (Wildman–Crippen MR) is 136 cm³/mol. The Hall–Kier alpha value is -3.26. The van der Waals surface area contributed by atoms with Crippen molar-refractivity contribution >= 4 is 29.6 Å². The Morgan fingerprint density at radius 1 is 1.00 bits per heavy atom. The SMILES string of the molecule is Cc1cc(C(=O)NCCc2ccc(OC(C)(C)C(=O)OCOC(=O)N3CCCCC3)cc2)ccc1Cl. The van der Waals surface area contributed by atoms with E-state index in [0.29, 0.717) is 42.4 Å². The number of rotatable bonds is 9. The summed E-state index contributed by atoms with van der Waals surface area (Å²) in [5.41, 5.74) is 1.14. The van der Waals surface area contributed by atoms with Gasteiger partial charge in [0, 0.05) is 30.2 Å². The van der Waals surface area contributed by atoms with E-state index in [2.05, 4.69) is 5.32 Å². The van der Waals surface area contributed by atoms with Crippen molar-refractivity contribution < 1.29 is 28.6 Å². The van der Waals surface area contributed by atoms with Crippen molar-refractivity contribution in [3.05, 3.63) is 64.2 Å². The number of hydrogen-bond donors (Lipinski definition) is 1. The summed E-state index contributed by atoms with van der Waals surface area (Å²) in [6.07, 6.45) is 3.16. The number of nitrogens with zero attached hydrogens (tertiary/aromatic N) is 1. The molecule has 1 heterocycles. The molecule has 1 fully saturated rings. The molecule has 2 aromatic carbocycles. The minimum absolute atomic E-state index is 0.156. The van der Waals surface area contributed by atoms with Crippen molar-refractivity contribution in [2.24, 2.45) is 0 Å². The molecule has 0 atom stereocenters. The number of hydrogen-bond acceptors (Lipinski definition) is 6. The first-order valence-corrected chi connectivity index (χ1v) is 12.4. The highest BCUT2D eigenvalue weighted by Gasteiger charge is 2.32. The van der Waals surface area contributed by atoms with Gasteiger partial charge < -0.3 is 24.4 Å². The normalized spacial score (nSPS) is 13.6. The summed E-state index contributed by atoms with van der Waals surface area (Å²) in [5, 5.41) is 3.52. The van der Waals surface area contributed by atoms with Crippen molar-refractivity contribution in [1.29, 1.82) is 0 Å². The molecule has 8 nitrogen and oxygen atoms in total. The van der Waals surface area contributed by atoms with Crippen LogP contribution in [0.1, 0.15) is 54.6 Å². The molecule has 9 heteroatoms. The Morgan fingerprint density at radius 3 is 2.36 bits per heavy atom. The number of piperidine rings is 1. The van der Waals surface area contributed by atoms with E-state index in [1.807, 2.05) is 19.1 Å². The van der Waals surface area contributed by atoms with E-state index in [0.717, 1.165) is 30.4 Å². The van der Waals surface area contributed by atoms with E-state index in [1.54, 1.807) is 49.1 Å². The molecule has 0 bridgehead atoms. The average molecular weight is 517 g/mol. The Labute approximate surface area is 216 Å². The summed E-state index contributed by atoms with van der Waals surface area (Å²) in [7, 11) is 0. The summed E-state index contributed by atoms with van der Waals surface area (Å²) in [5.74, 6) is -0.304. The van der Waals surface area contributed by atoms with E-state index in [9.17, 15) is 14.4 Å². The van der Waals surface area contributed by atoms with Crippen LogP contribution in [0.3, 0.4) is 0 Å². The van der Waals surface area contributed by atoms with Gasteiger partial charge >= 0.3 is 12.1 Å². The van der Waals surface area contributed by atoms with Gasteiger partial charge in [0.05, 0.1) is 0 Å². The van der Waals surface area contributed by atoms with Crippen LogP contribution < -0.4 is 10.1 Å². The first-order chi connectivity index (χ1) is 17.2. The smallest absolute Gasteiger partial charge is 0.412 e. The van der Waals surface area contributed by atoms with Gasteiger partial charge in [-0.3, -0.25) is 4.79 Å². The van der Waals surface area contributed by atoms with Gasteiger partial charge in [0.1, 0.15) is 5.75 Å². The van der Waals surface area contributed by atoms with Crippen LogP contribution in [-0.4, -0.2) is 54.9 Å². The summed E-state index contributed by atoms with van der Waals surface area (Å²) in [6, 6.07) is 12.4. The number of likely N-dealkylation sites (tertiary alicyclic amines) is 1. The maximum Gasteiger partial charge on any atom is 0.412 e. The molecular formula is C27H33ClN2O6. The molecule has 2 aromatic rings. The van der Waals surface area contributed by atoms with Gasteiger partial charge in [0.2, 0.25) is 6.79 Å². The number of esters is 1. The highest BCUT2D eigenvalue weighted by atomic mass is 35.5. The molecule has 0 aromatic heterocycles. The van der Waals surface area contributed by atoms with Crippen LogP contribution in [0.2, 0.25) is 5.02 Å². The zero-order chi connectivity index (χ0) is 26.1. The van der Waals surface area contributed by atoms with Crippen LogP contribution in [0.25, 0.3) is 0 Å². The van der Waals surface area contributed by atoms with Gasteiger partial charge in [-0.2, -0.15) is 0 Å². The van der Waals surface area contributed by atoms with E-state index in [-0.39, 0.29) is 5.91 Å². The van der Waals surface area contributed by atoms with Crippen molar-refractivity contribution in [3.8, 4) is 5.75 Å². The third kappa shape index (κ3) is 7.88. The van der Waals surface area contributed by atoms with Crippen LogP contribution in [0.5, 0.6) is 5.75 Å². The predicted octanol–water partition coefficient (Wildman–Crippen LogP) is 4.90. The molecular weight excluding hydrogens is 484 g/mol. The summed E-state index contributed by atoms with van der Waals surface area (Å²) in [6.45, 7) is 6.36. The summed E-state index contributed by atoms with van der Waals surface area (Å²) in [4.78, 5) is 38.4. The molecule has 1 N–H and O–H groups in total. The van der Waals surface area contributed by atoms with Crippen LogP contribution in [0, 0.1) is 6.92 Å². The second kappa shape index (κ2) is 12.6. The zero-order valence-electron chi connectivity index (χ0n) is 21.0. The molecule has 0 unspecified atom stereocenters. The third-order valence-corrected chi connectivity index (χ3v) is 6.32. The van der Waals surface area contributed by atoms with Crippen molar-refractivity contribution in [2.75, 3.05) is 26.4 Å². The van der Waals surface area contributed by atoms with Gasteiger partial charge in [-0.1, -0.05) is 23.7 Å². The average Bonchev–Trinajstić information content (AvgIpc) is 2.86. The van der Waals surface area contributed by atoms with E-state index >= 15 is 0 Å². The Morgan fingerprint density at radius 2 is 1.69 bits per heavy atom. The first kappa shape index (κ1) is 27.3. The number of carbonyl (C=O) groups excluding carboxylic acids is 3. The molecule has 36 heavy (non-hydrogen) atoms. The van der Waals surface area contributed by atoms with Crippen molar-refractivity contribution in [1.82, 2.24) is 10.2 Å². The molecule has 0 radical (unpaired) electrons. The van der Waals surface area contributed by atoms with Crippen LogP contribution in [0.15, 0.2) is 42.5 Å². The van der Waals surface area contributed by atoms with Crippen LogP contribution >= 0.6 is 11.6 Å². The van der Waals surface area contributed by atoms with Crippen molar-refractivity contribution in [2.45, 2.75) is 52.1 Å². The van der Waals surface area contributed by atoms with E-state index in [1.165, 1.54) is 0 Å². The van der Waals surface area contributed by atoms with Gasteiger partial charge in [-0.05, 0) is 87.9 Å². The summed E-state index contributed by atoms with van der Waals surface area (Å²) < 4.78 is 16.0. The van der Waals surface area contributed by atoms with Crippen LogP contribution in [0.4, 0.5) is 4.79 Å². The number of amides is 2. The molecule has 0 aliphatic carbocycles. The topological polar surface area (TPSA) is 94.2 Å². The number of carbonyl (C=O) groups is 3. The lowest BCUT2D eigenvalue weighted by atomic mass is 10.1. The fraction of sp³-hybridized carbons (Fsp3) is 0.444. The van der Waals surface area contributed by atoms with Gasteiger partial charge in [-0.25, -0.2) is 9.59 Å². The molecule has 194 valence electrons. The second-order valence-electron chi connectivity index (χ2n) is 9.23. The molecule has 0 spiro atoms. The highest BCUT2D eigenvalue weighted by Crippen LogP contribution is 2.21. The minimum Gasteiger partial charge on any atom is -0.476 e. The number of nitrogens with one attached hydrogen (secondary N) is 1. The molecule has 2 amide bonds. The summed E-state index contributed by atoms with van der Waals surface area (Å²) >= 11 is 6.01. The Bertz CT molecular complexity index is 1060. The second-order valence-corrected chi connectivity index (χ2v) is 9.64. The van der Waals surface area contributed by atoms with E-state index in [4.69, 9.17) is 25.8 Å². The monoisotopic (exact) mass is 516 g/mol. The van der Waals surface area contributed by atoms with Crippen LogP contribution in [-0.2, 0) is 20.7 Å². The lowest BCUT2D eigenvalue weighted by Gasteiger charge is -2.27. The Kier molecular flexibility index (Phi) is 9.58. The molecule has 1 aliphatic heterocycles. The third-order valence-electron chi connectivity index (χ3n) is 5.89. The van der Waals surface area contributed by atoms with Gasteiger partial charge in [0.25, 0.3) is 5.91 Å². The fourth-order valence-corrected chi connectivity index (χ4v) is 3.86. The highest BCUT2D eigenvalue weighted by molar-refractivity contribution is 6.31. The van der Waals surface area contributed by atoms with E-state index < -0.39 is 24.5 Å². The number of benzene rings is 2. The maximum atomic E-state index is 12.5. The number of ether oxygens (including phenoxy) is 3. The molecule has 0 saturated carbocycles. The molecule has 1 aliphatic rings. The maximum absolute atomic E-state index is 12.5. The quantitative estimate of drug-likeness (QED) is 0.376. The number of halogens is 1. The molecule has 3 rings (SSSR count). The fourth-order valence-electron chi connectivity index (χ4n) is 3.74. The first-order valence-electron chi connectivity index (χ1n) is 12.1. The Balaban J connectivity index is 1.41. The lowest BCUT2D eigenvalue weighted by Crippen LogP contribution is -2.41. The van der Waals surface area contributed by atoms with Gasteiger partial charge in [0.15, 0.2) is 5.60 Å². The lowest BCUT2D eigenvalue weighted by molar-refractivity contribution is -0.168. The van der Waals surface area contributed by atoms with Gasteiger partial charge in [-0.15, -0.1) is 0 Å². The van der Waals surface area contributed by atoms with Crippen molar-refractivity contribution in [3.63, 3.8) is 0 Å². The number of aryl methyl sites for hydroxylation is 1. The standard InChI is InChI=1S/C27H33ClN2O6/c1-19-17-21(9-12-23(19)28)24(31)29-14-13-20-7-10-22(11-8-20)36-27(2,3)25(32)34-18-35-26(33)30-15-5-4-6-16-30/h7-12,17H,4-6,13-16,18H2,1-3H3,(H,29,31). The molecule has 1 saturated heterocycles. The largest absolute Gasteiger partial charge is 0.476 e. The minimum atomic E-state index is -1.27.